The summed E-state index contributed by atoms with van der Waals surface area (Å²) in [5.41, 5.74) is 0. The summed E-state index contributed by atoms with van der Waals surface area (Å²) in [6, 6.07) is 0. The summed E-state index contributed by atoms with van der Waals surface area (Å²) < 4.78 is 0. The van der Waals surface area contributed by atoms with Crippen LogP contribution in [-0.2, 0) is 0 Å². The Morgan fingerprint density at radius 1 is 1.38 bits per heavy atom. The van der Waals surface area contributed by atoms with Gasteiger partial charge in [-0.25, -0.2) is 0 Å². The van der Waals surface area contributed by atoms with Gasteiger partial charge in [0.1, 0.15) is 0 Å². The zero-order chi connectivity index (χ0) is 14.8. The first kappa shape index (κ1) is 21.3. The molecule has 1 N–H and O–H groups in total. The van der Waals surface area contributed by atoms with E-state index >= 15 is 0 Å². The van der Waals surface area contributed by atoms with Crippen LogP contribution in [0.4, 0.5) is 0 Å². The Labute approximate surface area is 152 Å². The van der Waals surface area contributed by atoms with Crippen LogP contribution in [0.3, 0.4) is 0 Å². The minimum absolute atomic E-state index is 0. The van der Waals surface area contributed by atoms with Crippen molar-refractivity contribution in [3.8, 4) is 0 Å². The van der Waals surface area contributed by atoms with Crippen molar-refractivity contribution in [2.75, 3.05) is 52.6 Å². The predicted octanol–water partition coefficient (Wildman–Crippen LogP) is 2.74. The highest BCUT2D eigenvalue weighted by Gasteiger charge is 2.21. The second-order valence-corrected chi connectivity index (χ2v) is 6.89. The highest BCUT2D eigenvalue weighted by atomic mass is 127. The Balaban J connectivity index is 0.00000400. The Hall–Kier alpha value is 0.310. The molecule has 1 rings (SSSR count). The summed E-state index contributed by atoms with van der Waals surface area (Å²) in [6.07, 6.45) is 3.80. The van der Waals surface area contributed by atoms with Gasteiger partial charge >= 0.3 is 0 Å². The minimum Gasteiger partial charge on any atom is -0.355 e. The second kappa shape index (κ2) is 12.8. The number of thioether (sulfide) groups is 1. The van der Waals surface area contributed by atoms with Crippen LogP contribution in [0, 0.1) is 0 Å². The van der Waals surface area contributed by atoms with Gasteiger partial charge in [0.2, 0.25) is 0 Å². The lowest BCUT2D eigenvalue weighted by Crippen LogP contribution is -2.49. The summed E-state index contributed by atoms with van der Waals surface area (Å²) in [6.45, 7) is 10.0. The third-order valence-corrected chi connectivity index (χ3v) is 5.15. The third-order valence-electron chi connectivity index (χ3n) is 3.78. The van der Waals surface area contributed by atoms with Gasteiger partial charge in [-0.05, 0) is 26.4 Å². The molecule has 6 heteroatoms. The standard InChI is InChI=1S/C15H32N4S.HI/c1-5-7-9-18(4)10-8-17-15(16-3)19-11-12-20-14(6-2)13-19;/h14H,5-13H2,1-4H3,(H,16,17);1H. The molecular weight excluding hydrogens is 395 g/mol. The van der Waals surface area contributed by atoms with Crippen LogP contribution in [0.1, 0.15) is 33.1 Å². The van der Waals surface area contributed by atoms with Crippen LogP contribution >= 0.6 is 35.7 Å². The fraction of sp³-hybridized carbons (Fsp3) is 0.933. The van der Waals surface area contributed by atoms with E-state index in [0.29, 0.717) is 0 Å². The number of nitrogens with zero attached hydrogens (tertiary/aromatic N) is 3. The molecule has 1 fully saturated rings. The molecular formula is C15H33IN4S. The lowest BCUT2D eigenvalue weighted by atomic mass is 10.3. The molecule has 1 aliphatic rings. The van der Waals surface area contributed by atoms with Crippen molar-refractivity contribution < 1.29 is 0 Å². The maximum atomic E-state index is 4.44. The predicted molar refractivity (Wildman–Crippen MR) is 107 cm³/mol. The van der Waals surface area contributed by atoms with Crippen LogP contribution in [0.25, 0.3) is 0 Å². The fourth-order valence-electron chi connectivity index (χ4n) is 2.39. The van der Waals surface area contributed by atoms with Crippen molar-refractivity contribution in [3.63, 3.8) is 0 Å². The van der Waals surface area contributed by atoms with E-state index in [1.54, 1.807) is 0 Å². The van der Waals surface area contributed by atoms with Gasteiger partial charge in [0.25, 0.3) is 0 Å². The second-order valence-electron chi connectivity index (χ2n) is 5.48. The van der Waals surface area contributed by atoms with Crippen molar-refractivity contribution in [1.82, 2.24) is 15.1 Å². The normalized spacial score (nSPS) is 19.6. The highest BCUT2D eigenvalue weighted by molar-refractivity contribution is 14.0. The molecule has 1 heterocycles. The van der Waals surface area contributed by atoms with Crippen molar-refractivity contribution >= 4 is 41.7 Å². The number of aliphatic imine (C=N–C) groups is 1. The minimum atomic E-state index is 0. The summed E-state index contributed by atoms with van der Waals surface area (Å²) in [4.78, 5) is 9.25. The van der Waals surface area contributed by atoms with Gasteiger partial charge in [0.15, 0.2) is 5.96 Å². The first-order valence-corrected chi connectivity index (χ1v) is 9.01. The maximum absolute atomic E-state index is 4.44. The molecule has 0 spiro atoms. The summed E-state index contributed by atoms with van der Waals surface area (Å²) >= 11 is 2.10. The van der Waals surface area contributed by atoms with Gasteiger partial charge in [-0.15, -0.1) is 24.0 Å². The van der Waals surface area contributed by atoms with E-state index in [9.17, 15) is 0 Å². The molecule has 1 saturated heterocycles. The van der Waals surface area contributed by atoms with E-state index in [0.717, 1.165) is 37.4 Å². The fourth-order valence-corrected chi connectivity index (χ4v) is 3.57. The molecule has 0 aliphatic carbocycles. The van der Waals surface area contributed by atoms with E-state index in [2.05, 4.69) is 52.8 Å². The number of guanidine groups is 1. The molecule has 1 unspecified atom stereocenters. The summed E-state index contributed by atoms with van der Waals surface area (Å²) in [5, 5.41) is 4.27. The van der Waals surface area contributed by atoms with Crippen LogP contribution in [0.2, 0.25) is 0 Å². The number of nitrogens with one attached hydrogen (secondary N) is 1. The Morgan fingerprint density at radius 2 is 2.14 bits per heavy atom. The lowest BCUT2D eigenvalue weighted by molar-refractivity contribution is 0.328. The van der Waals surface area contributed by atoms with Crippen LogP contribution in [-0.4, -0.2) is 73.6 Å². The maximum Gasteiger partial charge on any atom is 0.193 e. The van der Waals surface area contributed by atoms with Gasteiger partial charge in [0, 0.05) is 44.2 Å². The molecule has 0 saturated carbocycles. The molecule has 0 radical (unpaired) electrons. The SMILES string of the molecule is CCCCN(C)CCNC(=NC)N1CCSC(CC)C1.I. The van der Waals surface area contributed by atoms with Crippen molar-refractivity contribution in [2.24, 2.45) is 4.99 Å². The third kappa shape index (κ3) is 8.50. The molecule has 0 aromatic heterocycles. The van der Waals surface area contributed by atoms with Gasteiger partial charge in [-0.3, -0.25) is 4.99 Å². The summed E-state index contributed by atoms with van der Waals surface area (Å²) in [7, 11) is 4.09. The summed E-state index contributed by atoms with van der Waals surface area (Å²) in [5.74, 6) is 2.29. The Morgan fingerprint density at radius 3 is 2.76 bits per heavy atom. The number of hydrogen-bond acceptors (Lipinski definition) is 3. The Kier molecular flexibility index (Phi) is 13.0. The van der Waals surface area contributed by atoms with Crippen LogP contribution in [0.5, 0.6) is 0 Å². The average Bonchev–Trinajstić information content (AvgIpc) is 2.49. The highest BCUT2D eigenvalue weighted by Crippen LogP contribution is 2.20. The number of rotatable bonds is 7. The lowest BCUT2D eigenvalue weighted by Gasteiger charge is -2.34. The van der Waals surface area contributed by atoms with E-state index in [1.807, 2.05) is 7.05 Å². The Bertz CT molecular complexity index is 289. The smallest absolute Gasteiger partial charge is 0.193 e. The molecule has 0 amide bonds. The topological polar surface area (TPSA) is 30.9 Å². The van der Waals surface area contributed by atoms with Gasteiger partial charge in [-0.2, -0.15) is 11.8 Å². The average molecular weight is 428 g/mol. The molecule has 4 nitrogen and oxygen atoms in total. The molecule has 1 atom stereocenters. The molecule has 0 aromatic rings. The van der Waals surface area contributed by atoms with Gasteiger partial charge in [-0.1, -0.05) is 20.3 Å². The van der Waals surface area contributed by atoms with Crippen molar-refractivity contribution in [1.29, 1.82) is 0 Å². The first-order chi connectivity index (χ1) is 9.71. The number of halogens is 1. The zero-order valence-corrected chi connectivity index (χ0v) is 17.2. The van der Waals surface area contributed by atoms with Crippen molar-refractivity contribution in [2.45, 2.75) is 38.4 Å². The van der Waals surface area contributed by atoms with Crippen molar-refractivity contribution in [3.05, 3.63) is 0 Å². The largest absolute Gasteiger partial charge is 0.355 e. The molecule has 126 valence electrons. The van der Waals surface area contributed by atoms with Gasteiger partial charge < -0.3 is 15.1 Å². The van der Waals surface area contributed by atoms with E-state index in [-0.39, 0.29) is 24.0 Å². The number of hydrogen-bond donors (Lipinski definition) is 1. The van der Waals surface area contributed by atoms with Crippen LogP contribution < -0.4 is 5.32 Å². The van der Waals surface area contributed by atoms with E-state index < -0.39 is 0 Å². The monoisotopic (exact) mass is 428 g/mol. The molecule has 1 aliphatic heterocycles. The number of likely N-dealkylation sites (N-methyl/N-ethyl adjacent to an activating group) is 1. The quantitative estimate of drug-likeness (QED) is 0.384. The van der Waals surface area contributed by atoms with E-state index in [4.69, 9.17) is 0 Å². The number of unbranched alkanes of at least 4 members (excludes halogenated alkanes) is 1. The molecule has 21 heavy (non-hydrogen) atoms. The van der Waals surface area contributed by atoms with Gasteiger partial charge in [0.05, 0.1) is 0 Å². The molecule has 0 aromatic carbocycles. The van der Waals surface area contributed by atoms with Crippen LogP contribution in [0.15, 0.2) is 4.99 Å². The molecule has 0 bridgehead atoms. The van der Waals surface area contributed by atoms with E-state index in [1.165, 1.54) is 31.6 Å². The first-order valence-electron chi connectivity index (χ1n) is 7.97. The zero-order valence-electron chi connectivity index (χ0n) is 14.1.